The lowest BCUT2D eigenvalue weighted by molar-refractivity contribution is 0.487. The molecule has 256 valence electrons. The first kappa shape index (κ1) is 31.1. The number of hydrogen-bond acceptors (Lipinski definition) is 3. The lowest BCUT2D eigenvalue weighted by Crippen LogP contribution is -2.84. The Morgan fingerprint density at radius 3 is 1.93 bits per heavy atom. The number of para-hydroxylation sites is 2. The molecule has 1 aromatic heterocycles. The van der Waals surface area contributed by atoms with Crippen LogP contribution < -0.4 is 40.8 Å². The Hall–Kier alpha value is -6.25. The molecule has 9 aromatic carbocycles. The van der Waals surface area contributed by atoms with E-state index in [9.17, 15) is 0 Å². The van der Waals surface area contributed by atoms with Crippen LogP contribution >= 0.6 is 11.3 Å². The van der Waals surface area contributed by atoms with Gasteiger partial charge in [0.25, 0.3) is 0 Å². The minimum absolute atomic E-state index is 0.490. The molecule has 0 atom stereocenters. The van der Waals surface area contributed by atoms with Crippen LogP contribution in [-0.2, 0) is 0 Å². The lowest BCUT2D eigenvalue weighted by atomic mass is 10.0. The van der Waals surface area contributed by atoms with Gasteiger partial charge in [0.15, 0.2) is 8.07 Å². The first-order valence-electron chi connectivity index (χ1n) is 18.8. The minimum atomic E-state index is -2.83. The van der Waals surface area contributed by atoms with Gasteiger partial charge in [0.2, 0.25) is 0 Å². The Morgan fingerprint density at radius 1 is 0.455 bits per heavy atom. The summed E-state index contributed by atoms with van der Waals surface area (Å²) in [4.78, 5) is 2.57. The fraction of sp³-hybridized carbons (Fsp3) is 0. The van der Waals surface area contributed by atoms with Crippen LogP contribution in [0.5, 0.6) is 11.5 Å². The van der Waals surface area contributed by atoms with Crippen molar-refractivity contribution >= 4 is 119 Å². The van der Waals surface area contributed by atoms with Gasteiger partial charge >= 0.3 is 0 Å². The fourth-order valence-corrected chi connectivity index (χ4v) is 18.4. The minimum Gasteiger partial charge on any atom is -0.458 e. The third-order valence-electron chi connectivity index (χ3n) is 11.7. The van der Waals surface area contributed by atoms with Crippen molar-refractivity contribution in [3.05, 3.63) is 188 Å². The molecular weight excluding hydrogens is 719 g/mol. The quantitative estimate of drug-likeness (QED) is 0.132. The highest BCUT2D eigenvalue weighted by Gasteiger charge is 2.52. The van der Waals surface area contributed by atoms with Crippen molar-refractivity contribution in [3.63, 3.8) is 0 Å². The number of nitrogens with zero attached hydrogens (tertiary/aromatic N) is 1. The topological polar surface area (TPSA) is 12.5 Å². The van der Waals surface area contributed by atoms with Crippen molar-refractivity contribution in [3.8, 4) is 11.5 Å². The molecule has 2 aliphatic rings. The van der Waals surface area contributed by atoms with Crippen LogP contribution in [0.25, 0.3) is 41.7 Å². The fourth-order valence-electron chi connectivity index (χ4n) is 9.40. The summed E-state index contributed by atoms with van der Waals surface area (Å²) in [5, 5.41) is 16.1. The second-order valence-electron chi connectivity index (χ2n) is 14.5. The van der Waals surface area contributed by atoms with Crippen molar-refractivity contribution in [1.29, 1.82) is 0 Å². The zero-order valence-corrected chi connectivity index (χ0v) is 32.5. The smallest absolute Gasteiger partial charge is 0.188 e. The molecule has 10 aromatic rings. The summed E-state index contributed by atoms with van der Waals surface area (Å²) in [7, 11) is -2.34. The van der Waals surface area contributed by atoms with Gasteiger partial charge in [-0.1, -0.05) is 151 Å². The van der Waals surface area contributed by atoms with Gasteiger partial charge in [-0.05, 0) is 89.9 Å². The van der Waals surface area contributed by atoms with Crippen LogP contribution in [0.1, 0.15) is 0 Å². The van der Waals surface area contributed by atoms with Crippen LogP contribution in [0.2, 0.25) is 0 Å². The predicted molar refractivity (Wildman–Crippen MR) is 238 cm³/mol. The highest BCUT2D eigenvalue weighted by molar-refractivity contribution is 7.26. The number of rotatable bonds is 3. The van der Waals surface area contributed by atoms with E-state index in [1.165, 1.54) is 84.2 Å². The van der Waals surface area contributed by atoms with E-state index in [1.807, 2.05) is 11.3 Å². The molecule has 0 fully saturated rings. The summed E-state index contributed by atoms with van der Waals surface area (Å²) < 4.78 is 9.33. The molecular formula is C50H31NOSSi2. The largest absolute Gasteiger partial charge is 0.458 e. The van der Waals surface area contributed by atoms with Gasteiger partial charge in [0.1, 0.15) is 21.0 Å². The number of thiophene rings is 1. The van der Waals surface area contributed by atoms with Crippen molar-refractivity contribution in [1.82, 2.24) is 0 Å². The summed E-state index contributed by atoms with van der Waals surface area (Å²) in [5.74, 6) is 1.94. The van der Waals surface area contributed by atoms with E-state index < -0.39 is 8.07 Å². The zero-order chi connectivity index (χ0) is 36.1. The summed E-state index contributed by atoms with van der Waals surface area (Å²) in [5.41, 5.74) is 3.61. The van der Waals surface area contributed by atoms with E-state index in [4.69, 9.17) is 4.74 Å². The van der Waals surface area contributed by atoms with E-state index in [0.29, 0.717) is 9.52 Å². The first-order chi connectivity index (χ1) is 27.3. The van der Waals surface area contributed by atoms with Gasteiger partial charge in [-0.15, -0.1) is 11.3 Å². The molecule has 12 rings (SSSR count). The van der Waals surface area contributed by atoms with Gasteiger partial charge in [-0.25, -0.2) is 0 Å². The standard InChI is InChI=1S/C50H31NOSSi2/c1-2-14-35-32(13-1)27-28-33-31-34(29-30-36(33)35)51(39-17-11-16-38-37-15-3-6-21-43(37)53-49(38)39)40-18-12-26-48-50(40)54-44-22-7-10-25-47(44)55(48)45-23-8-4-19-41(45)52-42-20-5-9-24-46(42)55/h1-31H. The molecule has 3 heterocycles. The van der Waals surface area contributed by atoms with Gasteiger partial charge in [-0.2, -0.15) is 0 Å². The molecule has 0 unspecified atom stereocenters. The number of ether oxygens (including phenoxy) is 1. The number of benzene rings is 9. The van der Waals surface area contributed by atoms with Gasteiger partial charge < -0.3 is 9.64 Å². The average Bonchev–Trinajstić information content (AvgIpc) is 3.63. The first-order valence-corrected chi connectivity index (χ1v) is 22.6. The lowest BCUT2D eigenvalue weighted by Gasteiger charge is -2.44. The van der Waals surface area contributed by atoms with Crippen LogP contribution in [0, 0.1) is 0 Å². The maximum Gasteiger partial charge on any atom is 0.188 e. The molecule has 0 N–H and O–H groups in total. The van der Waals surface area contributed by atoms with Crippen molar-refractivity contribution in [2.75, 3.05) is 4.90 Å². The molecule has 0 aliphatic carbocycles. The zero-order valence-electron chi connectivity index (χ0n) is 29.7. The van der Waals surface area contributed by atoms with Gasteiger partial charge in [-0.3, -0.25) is 0 Å². The third-order valence-corrected chi connectivity index (χ3v) is 19.8. The van der Waals surface area contributed by atoms with Crippen LogP contribution in [0.4, 0.5) is 17.1 Å². The normalized spacial score (nSPS) is 13.7. The molecule has 0 saturated heterocycles. The Bertz CT molecular complexity index is 3140. The Morgan fingerprint density at radius 2 is 1.07 bits per heavy atom. The van der Waals surface area contributed by atoms with Crippen molar-refractivity contribution in [2.45, 2.75) is 0 Å². The molecule has 2 radical (unpaired) electrons. The molecule has 0 bridgehead atoms. The van der Waals surface area contributed by atoms with Crippen molar-refractivity contribution < 1.29 is 4.74 Å². The van der Waals surface area contributed by atoms with Crippen LogP contribution in [0.3, 0.4) is 0 Å². The monoisotopic (exact) mass is 749 g/mol. The molecule has 55 heavy (non-hydrogen) atoms. The Kier molecular flexibility index (Phi) is 6.72. The molecule has 5 heteroatoms. The van der Waals surface area contributed by atoms with Gasteiger partial charge in [0.05, 0.1) is 10.4 Å². The van der Waals surface area contributed by atoms with Gasteiger partial charge in [0, 0.05) is 26.8 Å². The van der Waals surface area contributed by atoms with Crippen molar-refractivity contribution in [2.24, 2.45) is 0 Å². The highest BCUT2D eigenvalue weighted by atomic mass is 32.1. The third kappa shape index (κ3) is 4.40. The van der Waals surface area contributed by atoms with E-state index >= 15 is 0 Å². The molecule has 2 nitrogen and oxygen atoms in total. The maximum atomic E-state index is 6.73. The van der Waals surface area contributed by atoms with E-state index in [0.717, 1.165) is 17.2 Å². The summed E-state index contributed by atoms with van der Waals surface area (Å²) in [6.45, 7) is 0. The van der Waals surface area contributed by atoms with E-state index in [2.05, 4.69) is 193 Å². The highest BCUT2D eigenvalue weighted by Crippen LogP contribution is 2.45. The van der Waals surface area contributed by atoms with E-state index in [-0.39, 0.29) is 0 Å². The second-order valence-corrected chi connectivity index (χ2v) is 20.5. The number of anilines is 3. The SMILES string of the molecule is c1ccc2c(c1)Oc1ccccc1[Si]21c2ccccc2[Si]c2c(N(c3ccc4c(ccc5ccccc54)c3)c3cccc4c3sc3ccccc34)cccc21. The van der Waals surface area contributed by atoms with Crippen LogP contribution in [0.15, 0.2) is 188 Å². The molecule has 1 spiro atoms. The Labute approximate surface area is 326 Å². The molecule has 2 aliphatic heterocycles. The molecule has 0 amide bonds. The molecule has 0 saturated carbocycles. The summed E-state index contributed by atoms with van der Waals surface area (Å²) in [6.07, 6.45) is 0. The summed E-state index contributed by atoms with van der Waals surface area (Å²) >= 11 is 1.89. The predicted octanol–water partition coefficient (Wildman–Crippen LogP) is 9.28. The number of fused-ring (bicyclic) bond motifs is 14. The summed E-state index contributed by atoms with van der Waals surface area (Å²) in [6, 6.07) is 70.0. The second kappa shape index (κ2) is 11.9. The average molecular weight is 750 g/mol. The van der Waals surface area contributed by atoms with Crippen LogP contribution in [-0.4, -0.2) is 17.6 Å². The number of hydrogen-bond donors (Lipinski definition) is 0. The maximum absolute atomic E-state index is 6.73. The Balaban J connectivity index is 1.19. The van der Waals surface area contributed by atoms with E-state index in [1.54, 1.807) is 0 Å².